The van der Waals surface area contributed by atoms with Crippen molar-refractivity contribution in [1.82, 2.24) is 20.0 Å². The number of hydrogen-bond donors (Lipinski definition) is 0. The highest BCUT2D eigenvalue weighted by Crippen LogP contribution is 2.38. The molecule has 7 nitrogen and oxygen atoms in total. The van der Waals surface area contributed by atoms with Crippen molar-refractivity contribution in [1.29, 1.82) is 0 Å². The fourth-order valence-electron chi connectivity index (χ4n) is 2.88. The number of nitrogens with zero attached hydrogens (tertiary/aromatic N) is 4. The Morgan fingerprint density at radius 1 is 0.958 bits per heavy atom. The first-order valence-corrected chi connectivity index (χ1v) is 8.18. The third kappa shape index (κ3) is 2.89. The van der Waals surface area contributed by atoms with Gasteiger partial charge in [-0.2, -0.15) is 5.10 Å². The summed E-state index contributed by atoms with van der Waals surface area (Å²) < 4.78 is 5.14. The molecule has 0 N–H and O–H groups in total. The van der Waals surface area contributed by atoms with Crippen molar-refractivity contribution < 1.29 is 14.0 Å². The van der Waals surface area contributed by atoms with E-state index < -0.39 is 0 Å². The Hall–Kier alpha value is -2.70. The van der Waals surface area contributed by atoms with Gasteiger partial charge in [-0.05, 0) is 37.1 Å². The van der Waals surface area contributed by atoms with Gasteiger partial charge in [-0.1, -0.05) is 0 Å². The predicted molar refractivity (Wildman–Crippen MR) is 84.5 cm³/mol. The van der Waals surface area contributed by atoms with Crippen LogP contribution in [0.2, 0.25) is 0 Å². The van der Waals surface area contributed by atoms with Crippen LogP contribution in [0.4, 0.5) is 0 Å². The first-order valence-electron chi connectivity index (χ1n) is 8.18. The van der Waals surface area contributed by atoms with E-state index in [1.807, 2.05) is 6.07 Å². The highest BCUT2D eigenvalue weighted by Gasteiger charge is 2.28. The van der Waals surface area contributed by atoms with Crippen molar-refractivity contribution in [2.75, 3.05) is 26.2 Å². The van der Waals surface area contributed by atoms with E-state index in [0.717, 1.165) is 18.5 Å². The summed E-state index contributed by atoms with van der Waals surface area (Å²) in [7, 11) is 0. The zero-order chi connectivity index (χ0) is 16.5. The van der Waals surface area contributed by atoms with Gasteiger partial charge in [0, 0.05) is 32.1 Å². The lowest BCUT2D eigenvalue weighted by atomic mass is 10.2. The zero-order valence-corrected chi connectivity index (χ0v) is 13.2. The average Bonchev–Trinajstić information content (AvgIpc) is 3.35. The topological polar surface area (TPSA) is 79.5 Å². The molecule has 2 aromatic rings. The molecule has 0 atom stereocenters. The van der Waals surface area contributed by atoms with Crippen molar-refractivity contribution in [2.24, 2.45) is 0 Å². The standard InChI is InChI=1S/C17H18N4O3/c22-16(14-6-5-13(18-19-14)12-3-4-12)20-7-9-21(10-8-20)17(23)15-2-1-11-24-15/h1-2,5-6,11-12H,3-4,7-10H2. The smallest absolute Gasteiger partial charge is 0.289 e. The van der Waals surface area contributed by atoms with E-state index in [0.29, 0.717) is 43.6 Å². The van der Waals surface area contributed by atoms with Crippen LogP contribution in [0.5, 0.6) is 0 Å². The maximum Gasteiger partial charge on any atom is 0.289 e. The SMILES string of the molecule is O=C(c1ccc(C2CC2)nn1)N1CCN(C(=O)c2ccco2)CC1. The van der Waals surface area contributed by atoms with E-state index >= 15 is 0 Å². The number of piperazine rings is 1. The van der Waals surface area contributed by atoms with E-state index in [2.05, 4.69) is 10.2 Å². The molecule has 2 aromatic heterocycles. The van der Waals surface area contributed by atoms with E-state index in [-0.39, 0.29) is 11.8 Å². The minimum absolute atomic E-state index is 0.130. The quantitative estimate of drug-likeness (QED) is 0.855. The lowest BCUT2D eigenvalue weighted by Crippen LogP contribution is -2.50. The van der Waals surface area contributed by atoms with Crippen LogP contribution < -0.4 is 0 Å². The molecule has 124 valence electrons. The molecule has 0 spiro atoms. The molecule has 0 unspecified atom stereocenters. The lowest BCUT2D eigenvalue weighted by molar-refractivity contribution is 0.0514. The lowest BCUT2D eigenvalue weighted by Gasteiger charge is -2.34. The molecule has 1 saturated carbocycles. The maximum absolute atomic E-state index is 12.5. The maximum atomic E-state index is 12.5. The first kappa shape index (κ1) is 14.9. The molecular weight excluding hydrogens is 308 g/mol. The van der Waals surface area contributed by atoms with Gasteiger partial charge in [-0.3, -0.25) is 9.59 Å². The van der Waals surface area contributed by atoms with Crippen LogP contribution in [-0.4, -0.2) is 58.0 Å². The van der Waals surface area contributed by atoms with Gasteiger partial charge in [0.05, 0.1) is 12.0 Å². The Balaban J connectivity index is 1.36. The second-order valence-electron chi connectivity index (χ2n) is 6.18. The molecule has 4 rings (SSSR count). The van der Waals surface area contributed by atoms with Gasteiger partial charge in [0.15, 0.2) is 11.5 Å². The highest BCUT2D eigenvalue weighted by atomic mass is 16.3. The monoisotopic (exact) mass is 326 g/mol. The summed E-state index contributed by atoms with van der Waals surface area (Å²) in [6, 6.07) is 6.99. The molecule has 1 aliphatic heterocycles. The van der Waals surface area contributed by atoms with Crippen molar-refractivity contribution in [2.45, 2.75) is 18.8 Å². The molecule has 2 aliphatic rings. The third-order valence-electron chi connectivity index (χ3n) is 4.49. The van der Waals surface area contributed by atoms with E-state index in [4.69, 9.17) is 4.42 Å². The molecule has 2 amide bonds. The van der Waals surface area contributed by atoms with Gasteiger partial charge >= 0.3 is 0 Å². The van der Waals surface area contributed by atoms with Gasteiger partial charge in [-0.15, -0.1) is 5.10 Å². The van der Waals surface area contributed by atoms with E-state index in [1.54, 1.807) is 28.0 Å². The van der Waals surface area contributed by atoms with Crippen LogP contribution in [0, 0.1) is 0 Å². The number of carbonyl (C=O) groups excluding carboxylic acids is 2. The Morgan fingerprint density at radius 2 is 1.67 bits per heavy atom. The second kappa shape index (κ2) is 6.07. The van der Waals surface area contributed by atoms with Crippen molar-refractivity contribution >= 4 is 11.8 Å². The van der Waals surface area contributed by atoms with Gasteiger partial charge in [-0.25, -0.2) is 0 Å². The summed E-state index contributed by atoms with van der Waals surface area (Å²) in [5.41, 5.74) is 1.34. The Labute approximate surface area is 139 Å². The third-order valence-corrected chi connectivity index (χ3v) is 4.49. The van der Waals surface area contributed by atoms with Gasteiger partial charge in [0.2, 0.25) is 0 Å². The van der Waals surface area contributed by atoms with E-state index in [9.17, 15) is 9.59 Å². The molecule has 1 saturated heterocycles. The first-order chi connectivity index (χ1) is 11.7. The van der Waals surface area contributed by atoms with E-state index in [1.165, 1.54) is 6.26 Å². The fraction of sp³-hybridized carbons (Fsp3) is 0.412. The summed E-state index contributed by atoms with van der Waals surface area (Å²) in [5.74, 6) is 0.588. The summed E-state index contributed by atoms with van der Waals surface area (Å²) in [6.07, 6.45) is 3.80. The van der Waals surface area contributed by atoms with Crippen LogP contribution in [0.1, 0.15) is 45.5 Å². The number of carbonyl (C=O) groups is 2. The second-order valence-corrected chi connectivity index (χ2v) is 6.18. The molecular formula is C17H18N4O3. The number of aromatic nitrogens is 2. The summed E-state index contributed by atoms with van der Waals surface area (Å²) >= 11 is 0. The molecule has 1 aliphatic carbocycles. The zero-order valence-electron chi connectivity index (χ0n) is 13.2. The largest absolute Gasteiger partial charge is 0.459 e. The Bertz CT molecular complexity index is 730. The summed E-state index contributed by atoms with van der Waals surface area (Å²) in [5, 5.41) is 8.23. The van der Waals surface area contributed by atoms with Crippen molar-refractivity contribution in [3.8, 4) is 0 Å². The molecule has 3 heterocycles. The van der Waals surface area contributed by atoms with Crippen molar-refractivity contribution in [3.63, 3.8) is 0 Å². The fourth-order valence-corrected chi connectivity index (χ4v) is 2.88. The van der Waals surface area contributed by atoms with Crippen LogP contribution in [0.3, 0.4) is 0 Å². The Morgan fingerprint density at radius 3 is 2.21 bits per heavy atom. The summed E-state index contributed by atoms with van der Waals surface area (Å²) in [4.78, 5) is 28.1. The number of rotatable bonds is 3. The highest BCUT2D eigenvalue weighted by molar-refractivity contribution is 5.93. The van der Waals surface area contributed by atoms with Gasteiger partial charge in [0.1, 0.15) is 0 Å². The predicted octanol–water partition coefficient (Wildman–Crippen LogP) is 1.55. The minimum Gasteiger partial charge on any atom is -0.459 e. The molecule has 0 aromatic carbocycles. The Kier molecular flexibility index (Phi) is 3.76. The number of amides is 2. The van der Waals surface area contributed by atoms with Crippen LogP contribution in [0.25, 0.3) is 0 Å². The van der Waals surface area contributed by atoms with Crippen LogP contribution in [-0.2, 0) is 0 Å². The molecule has 0 radical (unpaired) electrons. The van der Waals surface area contributed by atoms with Gasteiger partial charge in [0.25, 0.3) is 11.8 Å². The molecule has 2 fully saturated rings. The normalized spacial score (nSPS) is 17.8. The molecule has 7 heteroatoms. The average molecular weight is 326 g/mol. The number of furan rings is 1. The minimum atomic E-state index is -0.138. The van der Waals surface area contributed by atoms with Crippen LogP contribution in [0.15, 0.2) is 34.9 Å². The molecule has 24 heavy (non-hydrogen) atoms. The summed E-state index contributed by atoms with van der Waals surface area (Å²) in [6.45, 7) is 1.94. The van der Waals surface area contributed by atoms with Crippen molar-refractivity contribution in [3.05, 3.63) is 47.7 Å². The van der Waals surface area contributed by atoms with Gasteiger partial charge < -0.3 is 14.2 Å². The van der Waals surface area contributed by atoms with Crippen LogP contribution >= 0.6 is 0 Å². The number of hydrogen-bond acceptors (Lipinski definition) is 5. The molecule has 0 bridgehead atoms.